The van der Waals surface area contributed by atoms with Gasteiger partial charge in [0.2, 0.25) is 0 Å². The highest BCUT2D eigenvalue weighted by molar-refractivity contribution is 9.10. The summed E-state index contributed by atoms with van der Waals surface area (Å²) in [6.45, 7) is 7.72. The number of nitrogens with zero attached hydrogens (tertiary/aromatic N) is 5. The van der Waals surface area contributed by atoms with Gasteiger partial charge in [-0.1, -0.05) is 35.0 Å². The van der Waals surface area contributed by atoms with Gasteiger partial charge in [0.25, 0.3) is 0 Å². The molecule has 0 fully saturated rings. The maximum absolute atomic E-state index is 12.1. The SMILES string of the molecule is CCCn1nnnc1CN(CC(=O)OCC)C(C)c1cccc(Br)c1. The largest absolute Gasteiger partial charge is 0.465 e. The second-order valence-corrected chi connectivity index (χ2v) is 6.67. The zero-order valence-electron chi connectivity index (χ0n) is 14.9. The Kier molecular flexibility index (Phi) is 7.52. The Morgan fingerprint density at radius 2 is 2.20 bits per heavy atom. The van der Waals surface area contributed by atoms with E-state index in [0.29, 0.717) is 13.2 Å². The number of rotatable bonds is 9. The van der Waals surface area contributed by atoms with Crippen molar-refractivity contribution in [1.82, 2.24) is 25.1 Å². The van der Waals surface area contributed by atoms with E-state index in [-0.39, 0.29) is 18.6 Å². The van der Waals surface area contributed by atoms with Crippen molar-refractivity contribution in [2.24, 2.45) is 0 Å². The smallest absolute Gasteiger partial charge is 0.320 e. The molecule has 0 saturated heterocycles. The van der Waals surface area contributed by atoms with Crippen LogP contribution in [0.2, 0.25) is 0 Å². The number of hydrogen-bond donors (Lipinski definition) is 0. The molecule has 1 unspecified atom stereocenters. The summed E-state index contributed by atoms with van der Waals surface area (Å²) < 4.78 is 7.92. The van der Waals surface area contributed by atoms with Crippen molar-refractivity contribution in [1.29, 1.82) is 0 Å². The Morgan fingerprint density at radius 3 is 2.88 bits per heavy atom. The standard InChI is InChI=1S/C17H24BrN5O2/c1-4-9-23-16(19-20-21-23)11-22(12-17(24)25-5-2)13(3)14-7-6-8-15(18)10-14/h6-8,10,13H,4-5,9,11-12H2,1-3H3. The third-order valence-electron chi connectivity index (χ3n) is 3.90. The van der Waals surface area contributed by atoms with Gasteiger partial charge >= 0.3 is 5.97 Å². The number of ether oxygens (including phenoxy) is 1. The monoisotopic (exact) mass is 409 g/mol. The number of carbonyl (C=O) groups excluding carboxylic acids is 1. The van der Waals surface area contributed by atoms with Gasteiger partial charge in [0.1, 0.15) is 0 Å². The molecule has 8 heteroatoms. The molecular formula is C17H24BrN5O2. The topological polar surface area (TPSA) is 73.1 Å². The molecule has 0 amide bonds. The number of aryl methyl sites for hydroxylation is 1. The highest BCUT2D eigenvalue weighted by Gasteiger charge is 2.22. The van der Waals surface area contributed by atoms with Gasteiger partial charge in [0.05, 0.1) is 19.7 Å². The molecule has 1 heterocycles. The Bertz CT molecular complexity index is 691. The number of esters is 1. The Morgan fingerprint density at radius 1 is 1.40 bits per heavy atom. The third-order valence-corrected chi connectivity index (χ3v) is 4.40. The van der Waals surface area contributed by atoms with Crippen molar-refractivity contribution in [2.45, 2.75) is 46.3 Å². The zero-order chi connectivity index (χ0) is 18.2. The summed E-state index contributed by atoms with van der Waals surface area (Å²) >= 11 is 3.50. The van der Waals surface area contributed by atoms with Crippen LogP contribution >= 0.6 is 15.9 Å². The van der Waals surface area contributed by atoms with E-state index in [0.717, 1.165) is 28.8 Å². The van der Waals surface area contributed by atoms with Crippen LogP contribution in [0.1, 0.15) is 44.6 Å². The molecule has 25 heavy (non-hydrogen) atoms. The van der Waals surface area contributed by atoms with Crippen LogP contribution in [0.3, 0.4) is 0 Å². The summed E-state index contributed by atoms with van der Waals surface area (Å²) in [6, 6.07) is 8.07. The van der Waals surface area contributed by atoms with Crippen molar-refractivity contribution in [3.05, 3.63) is 40.1 Å². The predicted octanol–water partition coefficient (Wildman–Crippen LogP) is 2.97. The fourth-order valence-electron chi connectivity index (χ4n) is 2.58. The van der Waals surface area contributed by atoms with Crippen LogP contribution < -0.4 is 0 Å². The Hall–Kier alpha value is -1.80. The van der Waals surface area contributed by atoms with Gasteiger partial charge < -0.3 is 4.74 Å². The fraction of sp³-hybridized carbons (Fsp3) is 0.529. The summed E-state index contributed by atoms with van der Waals surface area (Å²) in [5.41, 5.74) is 1.10. The molecule has 1 aromatic carbocycles. The van der Waals surface area contributed by atoms with Crippen molar-refractivity contribution < 1.29 is 9.53 Å². The molecule has 136 valence electrons. The van der Waals surface area contributed by atoms with E-state index in [1.165, 1.54) is 0 Å². The lowest BCUT2D eigenvalue weighted by Crippen LogP contribution is -2.34. The third kappa shape index (κ3) is 5.61. The number of halogens is 1. The lowest BCUT2D eigenvalue weighted by Gasteiger charge is -2.28. The molecule has 0 aliphatic heterocycles. The highest BCUT2D eigenvalue weighted by atomic mass is 79.9. The normalized spacial score (nSPS) is 12.4. The van der Waals surface area contributed by atoms with Gasteiger partial charge in [-0.15, -0.1) is 5.10 Å². The number of carbonyl (C=O) groups is 1. The summed E-state index contributed by atoms with van der Waals surface area (Å²) in [4.78, 5) is 14.1. The van der Waals surface area contributed by atoms with Gasteiger partial charge in [-0.25, -0.2) is 4.68 Å². The van der Waals surface area contributed by atoms with Gasteiger partial charge in [0, 0.05) is 17.1 Å². The lowest BCUT2D eigenvalue weighted by atomic mass is 10.1. The van der Waals surface area contributed by atoms with Crippen LogP contribution in [0.4, 0.5) is 0 Å². The van der Waals surface area contributed by atoms with Crippen LogP contribution in [-0.4, -0.2) is 44.2 Å². The quantitative estimate of drug-likeness (QED) is 0.592. The van der Waals surface area contributed by atoms with E-state index in [1.54, 1.807) is 4.68 Å². The number of hydrogen-bond acceptors (Lipinski definition) is 6. The molecule has 0 aliphatic carbocycles. The summed E-state index contributed by atoms with van der Waals surface area (Å²) in [6.07, 6.45) is 0.942. The molecule has 1 atom stereocenters. The highest BCUT2D eigenvalue weighted by Crippen LogP contribution is 2.24. The average Bonchev–Trinajstić information content (AvgIpc) is 3.01. The molecule has 0 saturated carbocycles. The molecule has 2 aromatic rings. The van der Waals surface area contributed by atoms with Crippen LogP contribution in [0, 0.1) is 0 Å². The Balaban J connectivity index is 2.22. The van der Waals surface area contributed by atoms with E-state index in [4.69, 9.17) is 4.74 Å². The minimum absolute atomic E-state index is 0.00804. The number of aromatic nitrogens is 4. The van der Waals surface area contributed by atoms with Crippen LogP contribution in [0.25, 0.3) is 0 Å². The van der Waals surface area contributed by atoms with E-state index < -0.39 is 0 Å². The maximum Gasteiger partial charge on any atom is 0.320 e. The first-order valence-corrected chi connectivity index (χ1v) is 9.24. The fourth-order valence-corrected chi connectivity index (χ4v) is 3.00. The van der Waals surface area contributed by atoms with Crippen molar-refractivity contribution in [2.75, 3.05) is 13.2 Å². The molecule has 0 spiro atoms. The van der Waals surface area contributed by atoms with E-state index in [1.807, 2.05) is 30.0 Å². The summed E-state index contributed by atoms with van der Waals surface area (Å²) in [7, 11) is 0. The molecule has 2 rings (SSSR count). The molecule has 0 bridgehead atoms. The van der Waals surface area contributed by atoms with E-state index in [2.05, 4.69) is 51.4 Å². The minimum Gasteiger partial charge on any atom is -0.465 e. The van der Waals surface area contributed by atoms with Crippen molar-refractivity contribution in [3.8, 4) is 0 Å². The molecule has 7 nitrogen and oxygen atoms in total. The molecule has 1 aromatic heterocycles. The Labute approximate surface area is 156 Å². The first kappa shape index (κ1) is 19.5. The van der Waals surface area contributed by atoms with Crippen LogP contribution in [0.5, 0.6) is 0 Å². The second kappa shape index (κ2) is 9.62. The summed E-state index contributed by atoms with van der Waals surface area (Å²) in [5.74, 6) is 0.492. The van der Waals surface area contributed by atoms with Gasteiger partial charge in [-0.05, 0) is 48.4 Å². The van der Waals surface area contributed by atoms with E-state index in [9.17, 15) is 4.79 Å². The second-order valence-electron chi connectivity index (χ2n) is 5.76. The average molecular weight is 410 g/mol. The zero-order valence-corrected chi connectivity index (χ0v) is 16.4. The number of tetrazole rings is 1. The van der Waals surface area contributed by atoms with E-state index >= 15 is 0 Å². The number of benzene rings is 1. The van der Waals surface area contributed by atoms with Crippen molar-refractivity contribution in [3.63, 3.8) is 0 Å². The lowest BCUT2D eigenvalue weighted by molar-refractivity contribution is -0.145. The first-order valence-electron chi connectivity index (χ1n) is 8.45. The van der Waals surface area contributed by atoms with Gasteiger partial charge in [0.15, 0.2) is 5.82 Å². The van der Waals surface area contributed by atoms with Gasteiger partial charge in [-0.2, -0.15) is 0 Å². The molecular weight excluding hydrogens is 386 g/mol. The van der Waals surface area contributed by atoms with Crippen molar-refractivity contribution >= 4 is 21.9 Å². The summed E-state index contributed by atoms with van der Waals surface area (Å²) in [5, 5.41) is 11.9. The van der Waals surface area contributed by atoms with Gasteiger partial charge in [-0.3, -0.25) is 9.69 Å². The van der Waals surface area contributed by atoms with Crippen LogP contribution in [0.15, 0.2) is 28.7 Å². The predicted molar refractivity (Wildman–Crippen MR) is 97.7 cm³/mol. The molecule has 0 aliphatic rings. The van der Waals surface area contributed by atoms with Crippen LogP contribution in [-0.2, 0) is 22.6 Å². The first-order chi connectivity index (χ1) is 12.0. The minimum atomic E-state index is -0.251. The maximum atomic E-state index is 12.1. The molecule has 0 N–H and O–H groups in total. The molecule has 0 radical (unpaired) electrons.